The average molecular weight is 411 g/mol. The summed E-state index contributed by atoms with van der Waals surface area (Å²) in [6.07, 6.45) is -1.93. The monoisotopic (exact) mass is 411 g/mol. The first-order chi connectivity index (χ1) is 12.7. The number of aromatic nitrogens is 2. The Labute approximate surface area is 159 Å². The van der Waals surface area contributed by atoms with Crippen LogP contribution in [0.25, 0.3) is 11.3 Å². The highest BCUT2D eigenvalue weighted by atomic mass is 32.2. The van der Waals surface area contributed by atoms with Crippen LogP contribution in [0, 0.1) is 0 Å². The van der Waals surface area contributed by atoms with Gasteiger partial charge in [0.15, 0.2) is 5.13 Å². The number of rotatable bonds is 4. The number of hydrogen-bond acceptors (Lipinski definition) is 4. The van der Waals surface area contributed by atoms with Crippen LogP contribution in [-0.2, 0) is 15.9 Å². The molecule has 0 amide bonds. The van der Waals surface area contributed by atoms with Gasteiger partial charge in [-0.15, -0.1) is 11.3 Å². The van der Waals surface area contributed by atoms with Gasteiger partial charge < -0.3 is 0 Å². The molecule has 0 fully saturated rings. The molecule has 0 bridgehead atoms. The lowest BCUT2D eigenvalue weighted by Crippen LogP contribution is -2.20. The van der Waals surface area contributed by atoms with E-state index in [4.69, 9.17) is 0 Å². The third kappa shape index (κ3) is 4.48. The molecular weight excluding hydrogens is 395 g/mol. The van der Waals surface area contributed by atoms with Gasteiger partial charge in [0.1, 0.15) is 5.69 Å². The predicted molar refractivity (Wildman–Crippen MR) is 104 cm³/mol. The summed E-state index contributed by atoms with van der Waals surface area (Å²) in [5, 5.41) is 2.32. The van der Waals surface area contributed by atoms with Crippen molar-refractivity contribution in [2.24, 2.45) is 0 Å². The topological polar surface area (TPSA) is 54.9 Å². The first-order valence-electron chi connectivity index (χ1n) is 7.82. The highest BCUT2D eigenvalue weighted by Crippen LogP contribution is 2.28. The van der Waals surface area contributed by atoms with Gasteiger partial charge in [0, 0.05) is 33.8 Å². The zero-order chi connectivity index (χ0) is 19.7. The first-order valence-corrected chi connectivity index (χ1v) is 10.7. The number of anilines is 1. The number of hydrogen-bond donors (Lipinski definition) is 1. The summed E-state index contributed by atoms with van der Waals surface area (Å²) in [6.45, 7) is 1.60. The Kier molecular flexibility index (Phi) is 5.25. The maximum Gasteiger partial charge on any atom is 0.433 e. The lowest BCUT2D eigenvalue weighted by Gasteiger charge is -2.12. The largest absolute Gasteiger partial charge is 0.433 e. The Morgan fingerprint density at radius 2 is 1.85 bits per heavy atom. The fourth-order valence-corrected chi connectivity index (χ4v) is 4.64. The average Bonchev–Trinajstić information content (AvgIpc) is 3.09. The van der Waals surface area contributed by atoms with E-state index in [1.807, 2.05) is 35.7 Å². The van der Waals surface area contributed by atoms with Crippen LogP contribution >= 0.6 is 11.3 Å². The molecule has 0 aliphatic carbocycles. The van der Waals surface area contributed by atoms with Crippen LogP contribution in [-0.4, -0.2) is 25.3 Å². The molecule has 4 nitrogen and oxygen atoms in total. The molecule has 1 atom stereocenters. The van der Waals surface area contributed by atoms with E-state index in [9.17, 15) is 17.4 Å². The summed E-state index contributed by atoms with van der Waals surface area (Å²) in [7, 11) is -2.74. The lowest BCUT2D eigenvalue weighted by molar-refractivity contribution is -0.141. The molecule has 0 saturated heterocycles. The smallest absolute Gasteiger partial charge is 0.288 e. The minimum absolute atomic E-state index is 0.378. The van der Waals surface area contributed by atoms with Gasteiger partial charge in [-0.3, -0.25) is 9.71 Å². The molecule has 0 aliphatic rings. The number of pyridine rings is 1. The molecule has 27 heavy (non-hydrogen) atoms. The summed E-state index contributed by atoms with van der Waals surface area (Å²) < 4.78 is 53.9. The van der Waals surface area contributed by atoms with Crippen molar-refractivity contribution >= 4 is 31.0 Å². The van der Waals surface area contributed by atoms with Crippen molar-refractivity contribution in [3.8, 4) is 11.3 Å². The molecule has 1 unspecified atom stereocenters. The van der Waals surface area contributed by atoms with Gasteiger partial charge in [0.2, 0.25) is 0 Å². The van der Waals surface area contributed by atoms with Crippen molar-refractivity contribution in [3.63, 3.8) is 0 Å². The fraction of sp³-hybridized carbons (Fsp3) is 0.167. The maximum atomic E-state index is 13.1. The third-order valence-electron chi connectivity index (χ3n) is 3.90. The normalized spacial score (nSPS) is 13.8. The second-order valence-corrected chi connectivity index (χ2v) is 9.20. The van der Waals surface area contributed by atoms with Crippen molar-refractivity contribution in [1.29, 1.82) is 0 Å². The Balaban J connectivity index is 1.87. The molecule has 142 valence electrons. The van der Waals surface area contributed by atoms with Crippen LogP contribution in [0.4, 0.5) is 18.3 Å². The fourth-order valence-electron chi connectivity index (χ4n) is 2.30. The Morgan fingerprint density at radius 3 is 2.44 bits per heavy atom. The van der Waals surface area contributed by atoms with E-state index in [1.165, 1.54) is 23.7 Å². The second-order valence-electron chi connectivity index (χ2n) is 5.84. The van der Waals surface area contributed by atoms with E-state index in [0.29, 0.717) is 15.6 Å². The molecule has 0 radical (unpaired) electrons. The van der Waals surface area contributed by atoms with Gasteiger partial charge in [-0.25, -0.2) is 9.19 Å². The van der Waals surface area contributed by atoms with Gasteiger partial charge in [0.25, 0.3) is 0 Å². The quantitative estimate of drug-likeness (QED) is 0.500. The molecule has 9 heteroatoms. The molecule has 3 aromatic rings. The van der Waals surface area contributed by atoms with E-state index in [-0.39, 0.29) is 0 Å². The van der Waals surface area contributed by atoms with Crippen LogP contribution in [0.3, 0.4) is 0 Å². The molecule has 0 aliphatic heterocycles. The number of alkyl halides is 3. The first kappa shape index (κ1) is 19.4. The molecule has 1 aromatic carbocycles. The lowest BCUT2D eigenvalue weighted by atomic mass is 10.2. The number of halogens is 3. The third-order valence-corrected chi connectivity index (χ3v) is 6.77. The van der Waals surface area contributed by atoms with E-state index < -0.39 is 21.6 Å². The minimum Gasteiger partial charge on any atom is -0.288 e. The van der Waals surface area contributed by atoms with Gasteiger partial charge in [0.05, 0.1) is 15.4 Å². The van der Waals surface area contributed by atoms with E-state index >= 15 is 0 Å². The molecule has 1 N–H and O–H groups in total. The molecular formula is C18H16F3N3OS2. The van der Waals surface area contributed by atoms with Crippen molar-refractivity contribution in [1.82, 2.24) is 9.97 Å². The van der Waals surface area contributed by atoms with Crippen LogP contribution in [0.1, 0.15) is 18.2 Å². The summed E-state index contributed by atoms with van der Waals surface area (Å²) in [5.41, 5.74) is 1.09. The number of thiazole rings is 1. The van der Waals surface area contributed by atoms with Crippen molar-refractivity contribution in [3.05, 3.63) is 65.3 Å². The SMILES string of the molecule is CC(c1ccc(C(F)(F)F)nc1)=S(C)(=O)Nc1nc(-c2ccccc2)cs1. The Bertz CT molecular complexity index is 1050. The van der Waals surface area contributed by atoms with Crippen molar-refractivity contribution in [2.75, 3.05) is 11.0 Å². The van der Waals surface area contributed by atoms with E-state index in [1.54, 1.807) is 6.92 Å². The molecule has 0 spiro atoms. The van der Waals surface area contributed by atoms with Crippen LogP contribution in [0.15, 0.2) is 54.0 Å². The zero-order valence-electron chi connectivity index (χ0n) is 14.4. The Hall–Kier alpha value is -2.39. The zero-order valence-corrected chi connectivity index (χ0v) is 16.1. The summed E-state index contributed by atoms with van der Waals surface area (Å²) >= 11 is 1.31. The Morgan fingerprint density at radius 1 is 1.15 bits per heavy atom. The highest BCUT2D eigenvalue weighted by molar-refractivity contribution is 8.03. The molecule has 2 heterocycles. The summed E-state index contributed by atoms with van der Waals surface area (Å²) in [5.74, 6) is 0. The number of nitrogens with zero attached hydrogens (tertiary/aromatic N) is 2. The highest BCUT2D eigenvalue weighted by Gasteiger charge is 2.32. The predicted octanol–water partition coefficient (Wildman–Crippen LogP) is 4.71. The maximum absolute atomic E-state index is 13.1. The summed E-state index contributed by atoms with van der Waals surface area (Å²) in [6, 6.07) is 11.7. The van der Waals surface area contributed by atoms with Crippen LogP contribution in [0.2, 0.25) is 0 Å². The summed E-state index contributed by atoms with van der Waals surface area (Å²) in [4.78, 5) is 8.26. The minimum atomic E-state index is -4.51. The van der Waals surface area contributed by atoms with Gasteiger partial charge in [-0.05, 0) is 13.0 Å². The van der Waals surface area contributed by atoms with E-state index in [0.717, 1.165) is 23.5 Å². The van der Waals surface area contributed by atoms with Gasteiger partial charge in [-0.2, -0.15) is 13.2 Å². The second kappa shape index (κ2) is 7.32. The van der Waals surface area contributed by atoms with E-state index in [2.05, 4.69) is 14.7 Å². The number of benzene rings is 1. The standard InChI is InChI=1S/C18H16F3N3OS2/c1-12(14-8-9-16(22-10-14)18(19,20)21)27(2,25)24-17-23-15(11-26-17)13-6-4-3-5-7-13/h3-11H,1-2H3,(H,23,24,25). The van der Waals surface area contributed by atoms with Crippen molar-refractivity contribution < 1.29 is 17.4 Å². The molecule has 2 aromatic heterocycles. The molecule has 3 rings (SSSR count). The van der Waals surface area contributed by atoms with Crippen LogP contribution in [0.5, 0.6) is 0 Å². The number of nitrogens with one attached hydrogen (secondary N) is 1. The van der Waals surface area contributed by atoms with Crippen molar-refractivity contribution in [2.45, 2.75) is 13.1 Å². The molecule has 0 saturated carbocycles. The van der Waals surface area contributed by atoms with Gasteiger partial charge in [-0.1, -0.05) is 36.4 Å². The van der Waals surface area contributed by atoms with Gasteiger partial charge >= 0.3 is 6.18 Å². The van der Waals surface area contributed by atoms with Crippen LogP contribution < -0.4 is 4.72 Å².